The molecular weight excluding hydrogens is 230 g/mol. The molecule has 0 amide bonds. The molecule has 0 atom stereocenters. The Balaban J connectivity index is 2.26. The topological polar surface area (TPSA) is 67.6 Å². The van der Waals surface area contributed by atoms with Gasteiger partial charge in [-0.1, -0.05) is 6.42 Å². The number of nitrogens with zero attached hydrogens (tertiary/aromatic N) is 1. The maximum absolute atomic E-state index is 12.0. The van der Waals surface area contributed by atoms with Crippen LogP contribution in [0, 0.1) is 0 Å². The van der Waals surface area contributed by atoms with Crippen molar-refractivity contribution in [3.8, 4) is 0 Å². The number of rotatable bonds is 3. The summed E-state index contributed by atoms with van der Waals surface area (Å²) >= 11 is 0. The van der Waals surface area contributed by atoms with Gasteiger partial charge < -0.3 is 4.42 Å². The van der Waals surface area contributed by atoms with Gasteiger partial charge in [-0.25, -0.2) is 8.42 Å². The number of sulfonamides is 1. The molecule has 0 unspecified atom stereocenters. The average Bonchev–Trinajstić information content (AvgIpc) is 2.79. The smallest absolute Gasteiger partial charge is 0.276 e. The SMILES string of the molecule is O=Cc1ccc(S(=O)(=O)N2CCCCC2)o1. The summed E-state index contributed by atoms with van der Waals surface area (Å²) in [5.74, 6) is 0.0376. The Morgan fingerprint density at radius 1 is 1.19 bits per heavy atom. The fourth-order valence-corrected chi connectivity index (χ4v) is 3.20. The Hall–Kier alpha value is -1.14. The molecule has 0 aromatic carbocycles. The molecule has 0 radical (unpaired) electrons. The normalized spacial score (nSPS) is 18.5. The van der Waals surface area contributed by atoms with Crippen molar-refractivity contribution >= 4 is 16.3 Å². The molecule has 16 heavy (non-hydrogen) atoms. The van der Waals surface area contributed by atoms with Gasteiger partial charge in [0.05, 0.1) is 0 Å². The third kappa shape index (κ3) is 2.03. The highest BCUT2D eigenvalue weighted by Crippen LogP contribution is 2.21. The van der Waals surface area contributed by atoms with Gasteiger partial charge in [0.2, 0.25) is 5.09 Å². The molecule has 1 aliphatic heterocycles. The lowest BCUT2D eigenvalue weighted by Gasteiger charge is -2.24. The molecule has 0 aliphatic carbocycles. The first-order valence-corrected chi connectivity index (χ1v) is 6.64. The Morgan fingerprint density at radius 3 is 2.44 bits per heavy atom. The second kappa shape index (κ2) is 4.39. The molecule has 2 rings (SSSR count). The van der Waals surface area contributed by atoms with Crippen molar-refractivity contribution in [1.82, 2.24) is 4.31 Å². The summed E-state index contributed by atoms with van der Waals surface area (Å²) in [4.78, 5) is 10.4. The number of hydrogen-bond acceptors (Lipinski definition) is 4. The standard InChI is InChI=1S/C10H13NO4S/c12-8-9-4-5-10(15-9)16(13,14)11-6-2-1-3-7-11/h4-5,8H,1-3,6-7H2. The van der Waals surface area contributed by atoms with Crippen LogP contribution in [0.4, 0.5) is 0 Å². The summed E-state index contributed by atoms with van der Waals surface area (Å²) in [6.07, 6.45) is 3.31. The molecule has 1 saturated heterocycles. The largest absolute Gasteiger partial charge is 0.440 e. The van der Waals surface area contributed by atoms with Crippen LogP contribution in [0.25, 0.3) is 0 Å². The fourth-order valence-electron chi connectivity index (χ4n) is 1.77. The molecule has 0 spiro atoms. The Morgan fingerprint density at radius 2 is 1.88 bits per heavy atom. The third-order valence-electron chi connectivity index (χ3n) is 2.63. The lowest BCUT2D eigenvalue weighted by atomic mass is 10.2. The zero-order valence-electron chi connectivity index (χ0n) is 8.76. The van der Waals surface area contributed by atoms with Crippen molar-refractivity contribution in [3.05, 3.63) is 17.9 Å². The van der Waals surface area contributed by atoms with Gasteiger partial charge in [-0.3, -0.25) is 4.79 Å². The zero-order valence-corrected chi connectivity index (χ0v) is 9.57. The predicted molar refractivity (Wildman–Crippen MR) is 56.7 cm³/mol. The van der Waals surface area contributed by atoms with Gasteiger partial charge in [0, 0.05) is 13.1 Å². The molecular formula is C10H13NO4S. The number of hydrogen-bond donors (Lipinski definition) is 0. The summed E-state index contributed by atoms with van der Waals surface area (Å²) in [5.41, 5.74) is 0. The highest BCUT2D eigenvalue weighted by Gasteiger charge is 2.28. The molecule has 0 saturated carbocycles. The molecule has 1 aromatic rings. The van der Waals surface area contributed by atoms with E-state index in [-0.39, 0.29) is 10.9 Å². The van der Waals surface area contributed by atoms with Gasteiger partial charge in [0.15, 0.2) is 12.0 Å². The molecule has 1 aliphatic rings. The second-order valence-electron chi connectivity index (χ2n) is 3.74. The van der Waals surface area contributed by atoms with Crippen LogP contribution < -0.4 is 0 Å². The van der Waals surface area contributed by atoms with E-state index < -0.39 is 10.0 Å². The average molecular weight is 243 g/mol. The summed E-state index contributed by atoms with van der Waals surface area (Å²) < 4.78 is 30.4. The lowest BCUT2D eigenvalue weighted by molar-refractivity contribution is 0.109. The van der Waals surface area contributed by atoms with E-state index >= 15 is 0 Å². The third-order valence-corrected chi connectivity index (χ3v) is 4.40. The number of aldehydes is 1. The van der Waals surface area contributed by atoms with E-state index in [0.29, 0.717) is 19.4 Å². The quantitative estimate of drug-likeness (QED) is 0.750. The first kappa shape index (κ1) is 11.3. The van der Waals surface area contributed by atoms with Gasteiger partial charge in [0.25, 0.3) is 10.0 Å². The minimum atomic E-state index is -3.54. The maximum atomic E-state index is 12.0. The van der Waals surface area contributed by atoms with Crippen LogP contribution in [0.5, 0.6) is 0 Å². The van der Waals surface area contributed by atoms with Gasteiger partial charge >= 0.3 is 0 Å². The minimum Gasteiger partial charge on any atom is -0.440 e. The van der Waals surface area contributed by atoms with Gasteiger partial charge in [-0.05, 0) is 25.0 Å². The van der Waals surface area contributed by atoms with Crippen LogP contribution in [-0.4, -0.2) is 32.1 Å². The molecule has 0 bridgehead atoms. The van der Waals surface area contributed by atoms with Crippen molar-refractivity contribution in [2.45, 2.75) is 24.4 Å². The van der Waals surface area contributed by atoms with Gasteiger partial charge in [0.1, 0.15) is 0 Å². The monoisotopic (exact) mass is 243 g/mol. The Kier molecular flexibility index (Phi) is 3.11. The van der Waals surface area contributed by atoms with Crippen LogP contribution >= 0.6 is 0 Å². The highest BCUT2D eigenvalue weighted by atomic mass is 32.2. The van der Waals surface area contributed by atoms with Crippen LogP contribution in [-0.2, 0) is 10.0 Å². The van der Waals surface area contributed by atoms with E-state index in [9.17, 15) is 13.2 Å². The van der Waals surface area contributed by atoms with Crippen molar-refractivity contribution in [1.29, 1.82) is 0 Å². The number of furan rings is 1. The number of carbonyl (C=O) groups excluding carboxylic acids is 1. The molecule has 6 heteroatoms. The van der Waals surface area contributed by atoms with Crippen LogP contribution in [0.2, 0.25) is 0 Å². The predicted octanol–water partition coefficient (Wildman–Crippen LogP) is 1.27. The lowest BCUT2D eigenvalue weighted by Crippen LogP contribution is -2.35. The first-order chi connectivity index (χ1) is 7.64. The molecule has 88 valence electrons. The molecule has 2 heterocycles. The van der Waals surface area contributed by atoms with Gasteiger partial charge in [-0.2, -0.15) is 4.31 Å². The summed E-state index contributed by atoms with van der Waals surface area (Å²) in [6.45, 7) is 1.05. The fraction of sp³-hybridized carbons (Fsp3) is 0.500. The van der Waals surface area contributed by atoms with Crippen molar-refractivity contribution in [3.63, 3.8) is 0 Å². The van der Waals surface area contributed by atoms with Crippen LogP contribution in [0.3, 0.4) is 0 Å². The first-order valence-electron chi connectivity index (χ1n) is 5.20. The Labute approximate surface area is 94.1 Å². The molecule has 1 fully saturated rings. The highest BCUT2D eigenvalue weighted by molar-refractivity contribution is 7.89. The van der Waals surface area contributed by atoms with E-state index in [2.05, 4.69) is 0 Å². The summed E-state index contributed by atoms with van der Waals surface area (Å²) in [6, 6.07) is 2.69. The summed E-state index contributed by atoms with van der Waals surface area (Å²) in [5, 5.41) is -0.142. The van der Waals surface area contributed by atoms with Crippen molar-refractivity contribution in [2.75, 3.05) is 13.1 Å². The van der Waals surface area contributed by atoms with Crippen molar-refractivity contribution in [2.24, 2.45) is 0 Å². The van der Waals surface area contributed by atoms with Crippen LogP contribution in [0.15, 0.2) is 21.6 Å². The second-order valence-corrected chi connectivity index (χ2v) is 5.61. The van der Waals surface area contributed by atoms with Gasteiger partial charge in [-0.15, -0.1) is 0 Å². The molecule has 5 nitrogen and oxygen atoms in total. The van der Waals surface area contributed by atoms with E-state index in [1.807, 2.05) is 0 Å². The summed E-state index contributed by atoms with van der Waals surface area (Å²) in [7, 11) is -3.54. The molecule has 0 N–H and O–H groups in total. The number of piperidine rings is 1. The molecule has 1 aromatic heterocycles. The van der Waals surface area contributed by atoms with Crippen molar-refractivity contribution < 1.29 is 17.6 Å². The zero-order chi connectivity index (χ0) is 11.6. The van der Waals surface area contributed by atoms with E-state index in [1.165, 1.54) is 16.4 Å². The van der Waals surface area contributed by atoms with Crippen LogP contribution in [0.1, 0.15) is 29.8 Å². The number of carbonyl (C=O) groups is 1. The van der Waals surface area contributed by atoms with E-state index in [1.54, 1.807) is 0 Å². The van der Waals surface area contributed by atoms with E-state index in [0.717, 1.165) is 19.3 Å². The minimum absolute atomic E-state index is 0.0376. The van der Waals surface area contributed by atoms with E-state index in [4.69, 9.17) is 4.42 Å². The Bertz CT molecular complexity index is 471. The maximum Gasteiger partial charge on any atom is 0.276 e.